The van der Waals surface area contributed by atoms with E-state index in [-0.39, 0.29) is 5.41 Å². The van der Waals surface area contributed by atoms with Crippen LogP contribution in [0, 0.1) is 0 Å². The van der Waals surface area contributed by atoms with E-state index >= 15 is 0 Å². The van der Waals surface area contributed by atoms with Gasteiger partial charge in [-0.1, -0.05) is 87.4 Å². The Balaban J connectivity index is 1.52. The van der Waals surface area contributed by atoms with Crippen molar-refractivity contribution in [3.63, 3.8) is 0 Å². The van der Waals surface area contributed by atoms with Crippen molar-refractivity contribution in [3.05, 3.63) is 120 Å². The maximum Gasteiger partial charge on any atom is 0.0774 e. The number of para-hydroxylation sites is 1. The predicted molar refractivity (Wildman–Crippen MR) is 159 cm³/mol. The van der Waals surface area contributed by atoms with E-state index in [1.54, 1.807) is 0 Å². The fourth-order valence-electron chi connectivity index (χ4n) is 6.22. The molecular weight excluding hydrogens is 462 g/mol. The molecule has 0 radical (unpaired) electrons. The van der Waals surface area contributed by atoms with Gasteiger partial charge in [0.25, 0.3) is 0 Å². The molecule has 0 atom stereocenters. The summed E-state index contributed by atoms with van der Waals surface area (Å²) < 4.78 is 0. The number of hydrogen-bond acceptors (Lipinski definition) is 3. The summed E-state index contributed by atoms with van der Waals surface area (Å²) in [4.78, 5) is 9.96. The Kier molecular flexibility index (Phi) is 6.51. The second kappa shape index (κ2) is 10.3. The first kappa shape index (κ1) is 24.1. The zero-order valence-corrected chi connectivity index (χ0v) is 22.1. The summed E-state index contributed by atoms with van der Waals surface area (Å²) in [6.45, 7) is 4.60. The number of fused-ring (bicyclic) bond motifs is 3. The van der Waals surface area contributed by atoms with Gasteiger partial charge in [-0.2, -0.15) is 0 Å². The average Bonchev–Trinajstić information content (AvgIpc) is 3.24. The molecule has 38 heavy (non-hydrogen) atoms. The van der Waals surface area contributed by atoms with Gasteiger partial charge in [-0.05, 0) is 66.4 Å². The number of hydrogen-bond donors (Lipinski definition) is 1. The number of aromatic nitrogens is 2. The lowest BCUT2D eigenvalue weighted by atomic mass is 9.71. The van der Waals surface area contributed by atoms with Crippen molar-refractivity contribution in [2.75, 3.05) is 5.32 Å². The van der Waals surface area contributed by atoms with Crippen LogP contribution in [0.15, 0.2) is 109 Å². The SMILES string of the molecule is CCCC1(CCC)c2ccc(-c3cccc(-c4ccccn4)c3)nc2-c2c(Nc3ccccc3)cccc21. The third-order valence-electron chi connectivity index (χ3n) is 7.75. The summed E-state index contributed by atoms with van der Waals surface area (Å²) in [7, 11) is 0. The van der Waals surface area contributed by atoms with Crippen molar-refractivity contribution in [2.24, 2.45) is 0 Å². The van der Waals surface area contributed by atoms with Crippen LogP contribution in [-0.2, 0) is 5.41 Å². The van der Waals surface area contributed by atoms with Gasteiger partial charge in [0.15, 0.2) is 0 Å². The number of pyridine rings is 2. The zero-order chi connectivity index (χ0) is 26.0. The Labute approximate surface area is 225 Å². The third-order valence-corrected chi connectivity index (χ3v) is 7.75. The number of benzene rings is 3. The molecule has 1 N–H and O–H groups in total. The molecule has 0 bridgehead atoms. The minimum absolute atomic E-state index is 0.0100. The van der Waals surface area contributed by atoms with E-state index in [1.807, 2.05) is 18.3 Å². The molecule has 0 fully saturated rings. The average molecular weight is 496 g/mol. The molecule has 3 nitrogen and oxygen atoms in total. The number of nitrogens with zero attached hydrogens (tertiary/aromatic N) is 2. The topological polar surface area (TPSA) is 37.8 Å². The highest BCUT2D eigenvalue weighted by Crippen LogP contribution is 2.55. The van der Waals surface area contributed by atoms with Crippen LogP contribution in [-0.4, -0.2) is 9.97 Å². The van der Waals surface area contributed by atoms with E-state index in [9.17, 15) is 0 Å². The second-order valence-corrected chi connectivity index (χ2v) is 10.2. The lowest BCUT2D eigenvalue weighted by Crippen LogP contribution is -2.25. The Morgan fingerprint density at radius 1 is 0.658 bits per heavy atom. The highest BCUT2D eigenvalue weighted by atomic mass is 14.9. The van der Waals surface area contributed by atoms with Gasteiger partial charge in [0, 0.05) is 39.7 Å². The first-order chi connectivity index (χ1) is 18.7. The smallest absolute Gasteiger partial charge is 0.0774 e. The molecular formula is C35H33N3. The van der Waals surface area contributed by atoms with Crippen LogP contribution in [0.3, 0.4) is 0 Å². The predicted octanol–water partition coefficient (Wildman–Crippen LogP) is 9.42. The van der Waals surface area contributed by atoms with Gasteiger partial charge < -0.3 is 5.32 Å². The van der Waals surface area contributed by atoms with Crippen molar-refractivity contribution in [1.29, 1.82) is 0 Å². The van der Waals surface area contributed by atoms with Crippen molar-refractivity contribution in [1.82, 2.24) is 9.97 Å². The number of rotatable bonds is 8. The van der Waals surface area contributed by atoms with Crippen LogP contribution in [0.25, 0.3) is 33.8 Å². The molecule has 0 unspecified atom stereocenters. The molecule has 3 aromatic carbocycles. The van der Waals surface area contributed by atoms with E-state index < -0.39 is 0 Å². The molecule has 188 valence electrons. The molecule has 3 heteroatoms. The van der Waals surface area contributed by atoms with E-state index in [1.165, 1.54) is 16.7 Å². The van der Waals surface area contributed by atoms with Gasteiger partial charge in [0.1, 0.15) is 0 Å². The monoisotopic (exact) mass is 495 g/mol. The zero-order valence-electron chi connectivity index (χ0n) is 22.1. The molecule has 1 aliphatic rings. The van der Waals surface area contributed by atoms with E-state index in [0.29, 0.717) is 0 Å². The maximum absolute atomic E-state index is 5.40. The standard InChI is InChI=1S/C35H33N3/c1-3-21-35(22-4-2)28-16-11-18-32(37-27-14-6-5-7-15-27)33(28)34-29(35)19-20-31(38-34)26-13-10-12-25(24-26)30-17-8-9-23-36-30/h5-20,23-24,37H,3-4,21-22H2,1-2H3. The molecule has 0 amide bonds. The van der Waals surface area contributed by atoms with Crippen LogP contribution >= 0.6 is 0 Å². The largest absolute Gasteiger partial charge is 0.355 e. The fraction of sp³-hybridized carbons (Fsp3) is 0.200. The molecule has 1 aliphatic carbocycles. The minimum atomic E-state index is -0.0100. The van der Waals surface area contributed by atoms with E-state index in [4.69, 9.17) is 4.98 Å². The second-order valence-electron chi connectivity index (χ2n) is 10.2. The number of anilines is 2. The van der Waals surface area contributed by atoms with Crippen LogP contribution < -0.4 is 5.32 Å². The van der Waals surface area contributed by atoms with Gasteiger partial charge in [-0.15, -0.1) is 0 Å². The summed E-state index contributed by atoms with van der Waals surface area (Å²) in [5.41, 5.74) is 11.5. The highest BCUT2D eigenvalue weighted by Gasteiger charge is 2.43. The summed E-state index contributed by atoms with van der Waals surface area (Å²) in [5.74, 6) is 0. The quantitative estimate of drug-likeness (QED) is 0.233. The van der Waals surface area contributed by atoms with Gasteiger partial charge in [-0.25, -0.2) is 4.98 Å². The molecule has 0 saturated carbocycles. The van der Waals surface area contributed by atoms with E-state index in [2.05, 4.69) is 115 Å². The first-order valence-electron chi connectivity index (χ1n) is 13.7. The summed E-state index contributed by atoms with van der Waals surface area (Å²) in [6, 6.07) is 36.3. The Morgan fingerprint density at radius 2 is 1.39 bits per heavy atom. The summed E-state index contributed by atoms with van der Waals surface area (Å²) in [6.07, 6.45) is 6.33. The lowest BCUT2D eigenvalue weighted by Gasteiger charge is -2.31. The molecule has 0 saturated heterocycles. The van der Waals surface area contributed by atoms with Gasteiger partial charge >= 0.3 is 0 Å². The molecule has 0 spiro atoms. The minimum Gasteiger partial charge on any atom is -0.355 e. The van der Waals surface area contributed by atoms with Crippen LogP contribution in [0.1, 0.15) is 50.7 Å². The van der Waals surface area contributed by atoms with Crippen molar-refractivity contribution in [3.8, 4) is 33.8 Å². The summed E-state index contributed by atoms with van der Waals surface area (Å²) >= 11 is 0. The van der Waals surface area contributed by atoms with Gasteiger partial charge in [0.2, 0.25) is 0 Å². The van der Waals surface area contributed by atoms with Gasteiger partial charge in [0.05, 0.1) is 17.1 Å². The third kappa shape index (κ3) is 4.18. The Morgan fingerprint density at radius 3 is 2.13 bits per heavy atom. The maximum atomic E-state index is 5.40. The molecule has 2 heterocycles. The highest BCUT2D eigenvalue weighted by molar-refractivity contribution is 5.90. The van der Waals surface area contributed by atoms with Crippen LogP contribution in [0.5, 0.6) is 0 Å². The Hall–Kier alpha value is -4.24. The molecule has 2 aromatic heterocycles. The molecule has 5 aromatic rings. The van der Waals surface area contributed by atoms with E-state index in [0.717, 1.165) is 65.3 Å². The van der Waals surface area contributed by atoms with Crippen LogP contribution in [0.4, 0.5) is 11.4 Å². The lowest BCUT2D eigenvalue weighted by molar-refractivity contribution is 0.435. The summed E-state index contributed by atoms with van der Waals surface area (Å²) in [5, 5.41) is 3.71. The Bertz CT molecular complexity index is 1550. The first-order valence-corrected chi connectivity index (χ1v) is 13.7. The fourth-order valence-corrected chi connectivity index (χ4v) is 6.22. The van der Waals surface area contributed by atoms with Crippen LogP contribution in [0.2, 0.25) is 0 Å². The number of nitrogens with one attached hydrogen (secondary N) is 1. The normalized spacial score (nSPS) is 13.1. The van der Waals surface area contributed by atoms with Crippen molar-refractivity contribution >= 4 is 11.4 Å². The van der Waals surface area contributed by atoms with Gasteiger partial charge in [-0.3, -0.25) is 4.98 Å². The van der Waals surface area contributed by atoms with Crippen molar-refractivity contribution in [2.45, 2.75) is 44.9 Å². The molecule has 0 aliphatic heterocycles. The molecule has 6 rings (SSSR count). The van der Waals surface area contributed by atoms with Crippen molar-refractivity contribution < 1.29 is 0 Å².